The Hall–Kier alpha value is -2.42. The molecule has 2 N–H and O–H groups in total. The first kappa shape index (κ1) is 16.4. The molecule has 0 aliphatic heterocycles. The highest BCUT2D eigenvalue weighted by atomic mass is 32.2. The second-order valence-corrected chi connectivity index (χ2v) is 5.74. The second-order valence-electron chi connectivity index (χ2n) is 5.04. The van der Waals surface area contributed by atoms with E-state index in [2.05, 4.69) is 20.0 Å². The van der Waals surface area contributed by atoms with Crippen LogP contribution in [0.1, 0.15) is 17.2 Å². The Balaban J connectivity index is 2.23. The lowest BCUT2D eigenvalue weighted by Crippen LogP contribution is -2.26. The van der Waals surface area contributed by atoms with Gasteiger partial charge in [0.1, 0.15) is 5.82 Å². The molecule has 0 fully saturated rings. The first-order valence-corrected chi connectivity index (χ1v) is 8.19. The lowest BCUT2D eigenvalue weighted by Gasteiger charge is -2.24. The van der Waals surface area contributed by atoms with Gasteiger partial charge in [0.15, 0.2) is 0 Å². The molecule has 0 amide bonds. The molecule has 2 unspecified atom stereocenters. The monoisotopic (exact) mass is 345 g/mol. The van der Waals surface area contributed by atoms with Crippen LogP contribution < -0.4 is 10.0 Å². The van der Waals surface area contributed by atoms with Crippen molar-refractivity contribution in [2.24, 2.45) is 0 Å². The van der Waals surface area contributed by atoms with E-state index in [1.54, 1.807) is 19.3 Å². The molecule has 3 rings (SSSR count). The highest BCUT2D eigenvalue weighted by Gasteiger charge is 2.22. The van der Waals surface area contributed by atoms with Gasteiger partial charge in [-0.05, 0) is 17.7 Å². The van der Waals surface area contributed by atoms with Gasteiger partial charge >= 0.3 is 0 Å². The number of halogens is 1. The largest absolute Gasteiger partial charge is 0.760 e. The van der Waals surface area contributed by atoms with Gasteiger partial charge < -0.3 is 9.87 Å². The zero-order valence-corrected chi connectivity index (χ0v) is 13.5. The zero-order valence-electron chi connectivity index (χ0n) is 12.7. The van der Waals surface area contributed by atoms with Gasteiger partial charge in [0.05, 0.1) is 23.4 Å². The number of aromatic nitrogens is 2. The SMILES string of the molecule is CNc1c(C(NS(=O)[O-])c2ccncc2F)ccc2cccnc12. The van der Waals surface area contributed by atoms with Crippen LogP contribution in [-0.4, -0.2) is 25.8 Å². The van der Waals surface area contributed by atoms with E-state index in [0.717, 1.165) is 11.6 Å². The van der Waals surface area contributed by atoms with E-state index >= 15 is 0 Å². The lowest BCUT2D eigenvalue weighted by atomic mass is 9.96. The van der Waals surface area contributed by atoms with Gasteiger partial charge in [0.2, 0.25) is 0 Å². The average molecular weight is 345 g/mol. The standard InChI is InChI=1S/C16H15FN4O2S/c1-18-16-12(5-4-10-3-2-7-20-14(10)16)15(21-24(22)23)11-6-8-19-9-13(11)17/h2-9,15,18,21H,1H3,(H,22,23)/p-1. The molecule has 0 aliphatic carbocycles. The van der Waals surface area contributed by atoms with Crippen molar-refractivity contribution >= 4 is 27.9 Å². The van der Waals surface area contributed by atoms with Crippen LogP contribution in [0, 0.1) is 5.82 Å². The quantitative estimate of drug-likeness (QED) is 0.693. The summed E-state index contributed by atoms with van der Waals surface area (Å²) < 4.78 is 39.1. The number of hydrogen-bond donors (Lipinski definition) is 2. The van der Waals surface area contributed by atoms with Crippen molar-refractivity contribution in [3.8, 4) is 0 Å². The van der Waals surface area contributed by atoms with Crippen molar-refractivity contribution in [3.05, 3.63) is 65.9 Å². The average Bonchev–Trinajstić information content (AvgIpc) is 2.59. The van der Waals surface area contributed by atoms with E-state index in [1.807, 2.05) is 18.2 Å². The molecular weight excluding hydrogens is 331 g/mol. The van der Waals surface area contributed by atoms with Gasteiger partial charge in [-0.15, -0.1) is 0 Å². The fraction of sp³-hybridized carbons (Fsp3) is 0.125. The van der Waals surface area contributed by atoms with Crippen molar-refractivity contribution in [1.82, 2.24) is 14.7 Å². The van der Waals surface area contributed by atoms with E-state index in [9.17, 15) is 13.2 Å². The Kier molecular flexibility index (Phi) is 4.79. The van der Waals surface area contributed by atoms with Gasteiger partial charge in [0, 0.05) is 41.7 Å². The van der Waals surface area contributed by atoms with Crippen molar-refractivity contribution < 1.29 is 13.2 Å². The van der Waals surface area contributed by atoms with Crippen LogP contribution in [0.4, 0.5) is 10.1 Å². The molecule has 2 aromatic heterocycles. The number of benzene rings is 1. The molecule has 2 atom stereocenters. The predicted octanol–water partition coefficient (Wildman–Crippen LogP) is 2.28. The number of nitrogens with zero attached hydrogens (tertiary/aromatic N) is 2. The topological polar surface area (TPSA) is 90.0 Å². The fourth-order valence-electron chi connectivity index (χ4n) is 2.67. The Morgan fingerprint density at radius 3 is 2.75 bits per heavy atom. The Morgan fingerprint density at radius 2 is 2.04 bits per heavy atom. The van der Waals surface area contributed by atoms with Gasteiger partial charge in [-0.3, -0.25) is 14.2 Å². The van der Waals surface area contributed by atoms with E-state index < -0.39 is 23.1 Å². The summed E-state index contributed by atoms with van der Waals surface area (Å²) in [6, 6.07) is 7.82. The first-order chi connectivity index (χ1) is 11.6. The molecule has 0 bridgehead atoms. The number of nitrogens with one attached hydrogen (secondary N) is 2. The van der Waals surface area contributed by atoms with Crippen LogP contribution in [0.2, 0.25) is 0 Å². The van der Waals surface area contributed by atoms with Crippen molar-refractivity contribution in [2.45, 2.75) is 6.04 Å². The molecule has 124 valence electrons. The molecule has 8 heteroatoms. The third kappa shape index (κ3) is 3.12. The second kappa shape index (κ2) is 7.00. The van der Waals surface area contributed by atoms with Crippen LogP contribution in [0.5, 0.6) is 0 Å². The summed E-state index contributed by atoms with van der Waals surface area (Å²) in [7, 11) is 1.71. The fourth-order valence-corrected chi connectivity index (χ4v) is 3.12. The molecule has 0 aliphatic rings. The first-order valence-electron chi connectivity index (χ1n) is 7.12. The molecule has 0 radical (unpaired) electrons. The number of rotatable bonds is 5. The maximum atomic E-state index is 14.2. The highest BCUT2D eigenvalue weighted by molar-refractivity contribution is 7.77. The maximum absolute atomic E-state index is 14.2. The van der Waals surface area contributed by atoms with Crippen LogP contribution in [0.3, 0.4) is 0 Å². The summed E-state index contributed by atoms with van der Waals surface area (Å²) in [4.78, 5) is 8.05. The third-order valence-electron chi connectivity index (χ3n) is 3.70. The minimum Gasteiger partial charge on any atom is -0.760 e. The van der Waals surface area contributed by atoms with Gasteiger partial charge in [-0.1, -0.05) is 18.2 Å². The van der Waals surface area contributed by atoms with Gasteiger partial charge in [-0.25, -0.2) is 9.11 Å². The summed E-state index contributed by atoms with van der Waals surface area (Å²) >= 11 is -2.58. The Labute approximate surface area is 140 Å². The molecule has 0 saturated carbocycles. The summed E-state index contributed by atoms with van der Waals surface area (Å²) in [5.41, 5.74) is 2.06. The minimum absolute atomic E-state index is 0.181. The maximum Gasteiger partial charge on any atom is 0.146 e. The number of fused-ring (bicyclic) bond motifs is 1. The molecule has 6 nitrogen and oxygen atoms in total. The minimum atomic E-state index is -2.58. The van der Waals surface area contributed by atoms with E-state index in [0.29, 0.717) is 16.8 Å². The van der Waals surface area contributed by atoms with Crippen LogP contribution in [-0.2, 0) is 11.3 Å². The molecule has 2 heterocycles. The van der Waals surface area contributed by atoms with Gasteiger partial charge in [-0.2, -0.15) is 0 Å². The van der Waals surface area contributed by atoms with E-state index in [-0.39, 0.29) is 5.56 Å². The van der Waals surface area contributed by atoms with Crippen LogP contribution in [0.25, 0.3) is 10.9 Å². The molecular formula is C16H14FN4O2S-. The van der Waals surface area contributed by atoms with E-state index in [4.69, 9.17) is 0 Å². The van der Waals surface area contributed by atoms with Crippen LogP contribution >= 0.6 is 0 Å². The molecule has 1 aromatic carbocycles. The molecule has 0 saturated heterocycles. The smallest absolute Gasteiger partial charge is 0.146 e. The van der Waals surface area contributed by atoms with Crippen molar-refractivity contribution in [2.75, 3.05) is 12.4 Å². The Bertz CT molecular complexity index is 906. The number of anilines is 1. The van der Waals surface area contributed by atoms with Crippen molar-refractivity contribution in [1.29, 1.82) is 0 Å². The highest BCUT2D eigenvalue weighted by Crippen LogP contribution is 2.34. The summed E-state index contributed by atoms with van der Waals surface area (Å²) in [5, 5.41) is 3.93. The summed E-state index contributed by atoms with van der Waals surface area (Å²) in [6.07, 6.45) is 4.11. The third-order valence-corrected chi connectivity index (χ3v) is 4.12. The zero-order chi connectivity index (χ0) is 17.1. The summed E-state index contributed by atoms with van der Waals surface area (Å²) in [5.74, 6) is -0.594. The normalized spacial score (nSPS) is 13.6. The van der Waals surface area contributed by atoms with E-state index in [1.165, 1.54) is 12.3 Å². The predicted molar refractivity (Wildman–Crippen MR) is 89.4 cm³/mol. The number of hydrogen-bond acceptors (Lipinski definition) is 5. The molecule has 0 spiro atoms. The van der Waals surface area contributed by atoms with Crippen molar-refractivity contribution in [3.63, 3.8) is 0 Å². The van der Waals surface area contributed by atoms with Gasteiger partial charge in [0.25, 0.3) is 0 Å². The summed E-state index contributed by atoms with van der Waals surface area (Å²) in [6.45, 7) is 0. The Morgan fingerprint density at radius 1 is 1.21 bits per heavy atom. The van der Waals surface area contributed by atoms with Crippen LogP contribution in [0.15, 0.2) is 48.9 Å². The number of pyridine rings is 2. The molecule has 3 aromatic rings. The molecule has 24 heavy (non-hydrogen) atoms. The lowest BCUT2D eigenvalue weighted by molar-refractivity contribution is 0.510.